The Morgan fingerprint density at radius 2 is 1.56 bits per heavy atom. The molecule has 0 N–H and O–H groups in total. The Labute approximate surface area is 238 Å². The fourth-order valence-electron chi connectivity index (χ4n) is 4.84. The van der Waals surface area contributed by atoms with Crippen LogP contribution >= 0.6 is 0 Å². The van der Waals surface area contributed by atoms with Crippen LogP contribution in [0.5, 0.6) is 0 Å². The van der Waals surface area contributed by atoms with Crippen LogP contribution in [0.3, 0.4) is 0 Å². The van der Waals surface area contributed by atoms with Crippen molar-refractivity contribution in [3.05, 3.63) is 131 Å². The highest BCUT2D eigenvalue weighted by Gasteiger charge is 2.27. The molecule has 0 bridgehead atoms. The predicted molar refractivity (Wildman–Crippen MR) is 160 cm³/mol. The summed E-state index contributed by atoms with van der Waals surface area (Å²) in [5.41, 5.74) is 3.60. The zero-order valence-corrected chi connectivity index (χ0v) is 22.0. The number of aromatic nitrogens is 2. The molecule has 0 aliphatic carbocycles. The molecule has 1 aromatic heterocycles. The molecule has 7 heteroatoms. The van der Waals surface area contributed by atoms with Crippen LogP contribution in [0.2, 0.25) is 0 Å². The smallest absolute Gasteiger partial charge is 0.266 e. The maximum Gasteiger partial charge on any atom is 0.266 e. The van der Waals surface area contributed by atoms with E-state index in [1.165, 1.54) is 28.8 Å². The Hall–Kier alpha value is -5.09. The molecule has 6 nitrogen and oxygen atoms in total. The summed E-state index contributed by atoms with van der Waals surface area (Å²) < 4.78 is 15.2. The van der Waals surface area contributed by atoms with Crippen molar-refractivity contribution in [2.45, 2.75) is 33.2 Å². The lowest BCUT2D eigenvalue weighted by Gasteiger charge is -2.30. The number of amides is 1. The lowest BCUT2D eigenvalue weighted by Crippen LogP contribution is -2.38. The van der Waals surface area contributed by atoms with Crippen LogP contribution in [0.4, 0.5) is 4.39 Å². The van der Waals surface area contributed by atoms with Gasteiger partial charge in [-0.3, -0.25) is 14.2 Å². The number of para-hydroxylation sites is 1. The van der Waals surface area contributed by atoms with Crippen LogP contribution < -0.4 is 5.56 Å². The number of fused-ring (bicyclic) bond motifs is 1. The summed E-state index contributed by atoms with van der Waals surface area (Å²) in [5, 5.41) is 9.74. The number of benzene rings is 4. The molecule has 1 atom stereocenters. The second kappa shape index (κ2) is 12.8. The molecule has 5 rings (SSSR count). The molecule has 0 saturated carbocycles. The SMILES string of the molecule is C.CC(c1nc2ccccc2c(=O)n1-c1ccc(F)cc1)N(CCC#N)C(=O)Cc1ccc(-c2ccccc2)cc1. The summed E-state index contributed by atoms with van der Waals surface area (Å²) in [5.74, 6) is -0.284. The van der Waals surface area contributed by atoms with Crippen LogP contribution in [-0.4, -0.2) is 26.9 Å². The Balaban J connectivity index is 0.00000387. The molecule has 0 spiro atoms. The van der Waals surface area contributed by atoms with Gasteiger partial charge in [0, 0.05) is 6.54 Å². The molecule has 1 heterocycles. The minimum atomic E-state index is -0.646. The summed E-state index contributed by atoms with van der Waals surface area (Å²) in [6, 6.07) is 31.9. The summed E-state index contributed by atoms with van der Waals surface area (Å²) in [7, 11) is 0. The van der Waals surface area contributed by atoms with Crippen molar-refractivity contribution < 1.29 is 9.18 Å². The van der Waals surface area contributed by atoms with Crippen molar-refractivity contribution in [1.29, 1.82) is 5.26 Å². The molecule has 41 heavy (non-hydrogen) atoms. The van der Waals surface area contributed by atoms with E-state index in [2.05, 4.69) is 6.07 Å². The minimum absolute atomic E-state index is 0. The number of carbonyl (C=O) groups is 1. The van der Waals surface area contributed by atoms with Gasteiger partial charge in [-0.2, -0.15) is 5.26 Å². The molecule has 1 amide bonds. The summed E-state index contributed by atoms with van der Waals surface area (Å²) in [6.45, 7) is 1.97. The van der Waals surface area contributed by atoms with Gasteiger partial charge in [-0.1, -0.05) is 74.2 Å². The normalized spacial score (nSPS) is 11.3. The molecule has 0 aliphatic rings. The minimum Gasteiger partial charge on any atom is -0.331 e. The van der Waals surface area contributed by atoms with E-state index in [0.29, 0.717) is 22.4 Å². The van der Waals surface area contributed by atoms with Gasteiger partial charge in [-0.05, 0) is 60.0 Å². The van der Waals surface area contributed by atoms with Gasteiger partial charge >= 0.3 is 0 Å². The van der Waals surface area contributed by atoms with Crippen molar-refractivity contribution in [2.75, 3.05) is 6.54 Å². The molecule has 0 saturated heterocycles. The molecule has 0 aliphatic heterocycles. The molecule has 206 valence electrons. The third kappa shape index (κ3) is 6.23. The highest BCUT2D eigenvalue weighted by Crippen LogP contribution is 2.25. The summed E-state index contributed by atoms with van der Waals surface area (Å²) in [4.78, 5) is 33.7. The van der Waals surface area contributed by atoms with E-state index >= 15 is 0 Å². The van der Waals surface area contributed by atoms with E-state index < -0.39 is 11.9 Å². The Morgan fingerprint density at radius 1 is 0.927 bits per heavy atom. The van der Waals surface area contributed by atoms with E-state index in [-0.39, 0.29) is 38.3 Å². The van der Waals surface area contributed by atoms with Crippen molar-refractivity contribution in [3.8, 4) is 22.9 Å². The number of hydrogen-bond donors (Lipinski definition) is 0. The van der Waals surface area contributed by atoms with Gasteiger partial charge < -0.3 is 4.90 Å². The van der Waals surface area contributed by atoms with E-state index in [1.807, 2.05) is 54.6 Å². The van der Waals surface area contributed by atoms with E-state index in [4.69, 9.17) is 4.98 Å². The number of carbonyl (C=O) groups excluding carboxylic acids is 1. The van der Waals surface area contributed by atoms with E-state index in [0.717, 1.165) is 16.7 Å². The van der Waals surface area contributed by atoms with Crippen molar-refractivity contribution in [2.24, 2.45) is 0 Å². The Morgan fingerprint density at radius 3 is 2.24 bits per heavy atom. The number of rotatable bonds is 8. The quantitative estimate of drug-likeness (QED) is 0.213. The summed E-state index contributed by atoms with van der Waals surface area (Å²) in [6.07, 6.45) is 0.247. The first-order chi connectivity index (χ1) is 19.5. The fourth-order valence-corrected chi connectivity index (χ4v) is 4.84. The van der Waals surface area contributed by atoms with Crippen LogP contribution in [0.25, 0.3) is 27.7 Å². The van der Waals surface area contributed by atoms with Crippen molar-refractivity contribution in [1.82, 2.24) is 14.5 Å². The van der Waals surface area contributed by atoms with Gasteiger partial charge in [0.2, 0.25) is 5.91 Å². The standard InChI is InChI=1S/C33H27FN4O2.CH4/c1-23(32-36-30-11-6-5-10-29(30)33(40)38(32)28-18-16-27(34)17-19-28)37(21-7-20-35)31(39)22-24-12-14-26(15-13-24)25-8-3-2-4-9-25;/h2-6,8-19,23H,7,21-22H2,1H3;1H4. The molecular formula is C34H31FN4O2. The van der Waals surface area contributed by atoms with Crippen molar-refractivity contribution >= 4 is 16.8 Å². The third-order valence-electron chi connectivity index (χ3n) is 6.93. The first kappa shape index (κ1) is 28.9. The average molecular weight is 547 g/mol. The predicted octanol–water partition coefficient (Wildman–Crippen LogP) is 6.87. The van der Waals surface area contributed by atoms with Crippen molar-refractivity contribution in [3.63, 3.8) is 0 Å². The van der Waals surface area contributed by atoms with Gasteiger partial charge in [0.05, 0.1) is 41.5 Å². The number of halogens is 1. The maximum atomic E-state index is 13.7. The highest BCUT2D eigenvalue weighted by atomic mass is 19.1. The Kier molecular flexibility index (Phi) is 9.05. The second-order valence-corrected chi connectivity index (χ2v) is 9.52. The van der Waals surface area contributed by atoms with Crippen LogP contribution in [-0.2, 0) is 11.2 Å². The lowest BCUT2D eigenvalue weighted by atomic mass is 10.0. The average Bonchev–Trinajstić information content (AvgIpc) is 2.98. The zero-order valence-electron chi connectivity index (χ0n) is 22.0. The molecule has 5 aromatic rings. The van der Waals surface area contributed by atoms with E-state index in [9.17, 15) is 19.2 Å². The third-order valence-corrected chi connectivity index (χ3v) is 6.93. The molecule has 1 unspecified atom stereocenters. The molecule has 0 fully saturated rings. The first-order valence-electron chi connectivity index (χ1n) is 13.0. The number of hydrogen-bond acceptors (Lipinski definition) is 4. The largest absolute Gasteiger partial charge is 0.331 e. The lowest BCUT2D eigenvalue weighted by molar-refractivity contribution is -0.132. The summed E-state index contributed by atoms with van der Waals surface area (Å²) >= 11 is 0. The molecular weight excluding hydrogens is 515 g/mol. The highest BCUT2D eigenvalue weighted by molar-refractivity contribution is 5.80. The molecule has 0 radical (unpaired) electrons. The van der Waals surface area contributed by atoms with Gasteiger partial charge in [0.1, 0.15) is 11.6 Å². The number of nitriles is 1. The molecule has 4 aromatic carbocycles. The fraction of sp³-hybridized carbons (Fsp3) is 0.176. The van der Waals surface area contributed by atoms with Crippen LogP contribution in [0, 0.1) is 17.1 Å². The van der Waals surface area contributed by atoms with Crippen LogP contribution in [0.1, 0.15) is 38.2 Å². The monoisotopic (exact) mass is 546 g/mol. The van der Waals surface area contributed by atoms with Gasteiger partial charge in [-0.25, -0.2) is 9.37 Å². The van der Waals surface area contributed by atoms with E-state index in [1.54, 1.807) is 36.1 Å². The van der Waals surface area contributed by atoms with Gasteiger partial charge in [-0.15, -0.1) is 0 Å². The van der Waals surface area contributed by atoms with Gasteiger partial charge in [0.25, 0.3) is 5.56 Å². The van der Waals surface area contributed by atoms with Gasteiger partial charge in [0.15, 0.2) is 0 Å². The first-order valence-corrected chi connectivity index (χ1v) is 13.0. The second-order valence-electron chi connectivity index (χ2n) is 9.52. The topological polar surface area (TPSA) is 79.0 Å². The Bertz CT molecular complexity index is 1740. The number of nitrogens with zero attached hydrogens (tertiary/aromatic N) is 4. The zero-order chi connectivity index (χ0) is 28.1. The van der Waals surface area contributed by atoms with Crippen LogP contribution in [0.15, 0.2) is 108 Å². The maximum absolute atomic E-state index is 13.7.